The molecule has 2 amide bonds. The molecule has 6 nitrogen and oxygen atoms in total. The van der Waals surface area contributed by atoms with Gasteiger partial charge in [0.25, 0.3) is 5.91 Å². The lowest BCUT2D eigenvalue weighted by molar-refractivity contribution is -0.114. The van der Waals surface area contributed by atoms with Crippen LogP contribution in [-0.2, 0) is 4.79 Å². The Kier molecular flexibility index (Phi) is 8.03. The van der Waals surface area contributed by atoms with Gasteiger partial charge in [0.1, 0.15) is 12.4 Å². The molecule has 6 heteroatoms. The minimum Gasteiger partial charge on any atom is -0.489 e. The zero-order valence-electron chi connectivity index (χ0n) is 18.1. The first kappa shape index (κ1) is 22.6. The van der Waals surface area contributed by atoms with Crippen LogP contribution in [0.4, 0.5) is 17.1 Å². The molecule has 0 bridgehead atoms. The second-order valence-corrected chi connectivity index (χ2v) is 6.99. The molecule has 0 aromatic heterocycles. The van der Waals surface area contributed by atoms with Crippen LogP contribution in [-0.4, -0.2) is 31.5 Å². The molecule has 0 atom stereocenters. The van der Waals surface area contributed by atoms with Gasteiger partial charge >= 0.3 is 0 Å². The van der Waals surface area contributed by atoms with E-state index in [2.05, 4.69) is 17.2 Å². The third kappa shape index (κ3) is 6.22. The molecule has 3 aromatic rings. The summed E-state index contributed by atoms with van der Waals surface area (Å²) >= 11 is 0. The number of rotatable bonds is 10. The van der Waals surface area contributed by atoms with Gasteiger partial charge < -0.3 is 20.3 Å². The van der Waals surface area contributed by atoms with Gasteiger partial charge in [0.15, 0.2) is 0 Å². The van der Waals surface area contributed by atoms with E-state index in [-0.39, 0.29) is 18.4 Å². The monoisotopic (exact) mass is 429 g/mol. The summed E-state index contributed by atoms with van der Waals surface area (Å²) in [6.07, 6.45) is 1.67. The van der Waals surface area contributed by atoms with Gasteiger partial charge in [0.05, 0.1) is 6.54 Å². The fourth-order valence-corrected chi connectivity index (χ4v) is 3.14. The molecule has 0 fully saturated rings. The molecule has 32 heavy (non-hydrogen) atoms. The molecule has 0 unspecified atom stereocenters. The summed E-state index contributed by atoms with van der Waals surface area (Å²) in [5.74, 6) is 0.421. The summed E-state index contributed by atoms with van der Waals surface area (Å²) in [6, 6.07) is 23.8. The van der Waals surface area contributed by atoms with E-state index < -0.39 is 0 Å². The lowest BCUT2D eigenvalue weighted by Crippen LogP contribution is -2.30. The first-order chi connectivity index (χ1) is 15.6. The second kappa shape index (κ2) is 11.4. The predicted octanol–water partition coefficient (Wildman–Crippen LogP) is 4.97. The summed E-state index contributed by atoms with van der Waals surface area (Å²) < 4.78 is 5.49. The Hall–Kier alpha value is -4.06. The van der Waals surface area contributed by atoms with E-state index in [9.17, 15) is 9.59 Å². The highest BCUT2D eigenvalue weighted by Crippen LogP contribution is 2.19. The molecule has 0 spiro atoms. The molecule has 0 heterocycles. The molecule has 0 aliphatic carbocycles. The minimum absolute atomic E-state index is 0.0863. The number of carbonyl (C=O) groups excluding carboxylic acids is 2. The third-order valence-electron chi connectivity index (χ3n) is 4.70. The Balaban J connectivity index is 1.55. The van der Waals surface area contributed by atoms with Crippen molar-refractivity contribution in [1.29, 1.82) is 0 Å². The van der Waals surface area contributed by atoms with Crippen LogP contribution in [0.2, 0.25) is 0 Å². The van der Waals surface area contributed by atoms with Gasteiger partial charge in [-0.15, -0.1) is 0 Å². The predicted molar refractivity (Wildman–Crippen MR) is 129 cm³/mol. The number of para-hydroxylation sites is 1. The van der Waals surface area contributed by atoms with Crippen molar-refractivity contribution in [3.8, 4) is 5.75 Å². The van der Waals surface area contributed by atoms with Crippen LogP contribution in [0, 0.1) is 0 Å². The Morgan fingerprint density at radius 1 is 0.969 bits per heavy atom. The van der Waals surface area contributed by atoms with E-state index >= 15 is 0 Å². The van der Waals surface area contributed by atoms with Crippen LogP contribution >= 0.6 is 0 Å². The van der Waals surface area contributed by atoms with E-state index in [0.29, 0.717) is 30.2 Å². The van der Waals surface area contributed by atoms with Crippen molar-refractivity contribution >= 4 is 28.9 Å². The molecule has 0 radical (unpaired) electrons. The van der Waals surface area contributed by atoms with Crippen molar-refractivity contribution in [1.82, 2.24) is 0 Å². The number of nitrogens with one attached hydrogen (secondary N) is 2. The highest BCUT2D eigenvalue weighted by molar-refractivity contribution is 6.06. The molecule has 3 rings (SSSR count). The third-order valence-corrected chi connectivity index (χ3v) is 4.70. The Morgan fingerprint density at radius 3 is 2.41 bits per heavy atom. The molecule has 0 saturated heterocycles. The van der Waals surface area contributed by atoms with Gasteiger partial charge in [-0.2, -0.15) is 0 Å². The molecule has 0 aliphatic heterocycles. The average molecular weight is 430 g/mol. The smallest absolute Gasteiger partial charge is 0.258 e. The lowest BCUT2D eigenvalue weighted by Gasteiger charge is -2.21. The lowest BCUT2D eigenvalue weighted by atomic mass is 10.1. The fourth-order valence-electron chi connectivity index (χ4n) is 3.14. The minimum atomic E-state index is -0.194. The number of ether oxygens (including phenoxy) is 1. The highest BCUT2D eigenvalue weighted by Gasteiger charge is 2.16. The number of hydrogen-bond donors (Lipinski definition) is 2. The van der Waals surface area contributed by atoms with Crippen LogP contribution in [0.25, 0.3) is 0 Å². The first-order valence-electron chi connectivity index (χ1n) is 10.4. The molecule has 164 valence electrons. The van der Waals surface area contributed by atoms with Crippen LogP contribution in [0.15, 0.2) is 91.5 Å². The molecule has 0 aliphatic rings. The Morgan fingerprint density at radius 2 is 1.72 bits per heavy atom. The highest BCUT2D eigenvalue weighted by atomic mass is 16.5. The van der Waals surface area contributed by atoms with Crippen LogP contribution in [0.5, 0.6) is 5.75 Å². The van der Waals surface area contributed by atoms with E-state index in [4.69, 9.17) is 4.74 Å². The quantitative estimate of drug-likeness (QED) is 0.447. The molecule has 2 N–H and O–H groups in total. The Bertz CT molecular complexity index is 1050. The maximum atomic E-state index is 12.9. The summed E-state index contributed by atoms with van der Waals surface area (Å²) in [5, 5.41) is 5.90. The van der Waals surface area contributed by atoms with Crippen molar-refractivity contribution in [3.63, 3.8) is 0 Å². The number of nitrogens with zero attached hydrogens (tertiary/aromatic N) is 1. The van der Waals surface area contributed by atoms with E-state index in [1.54, 1.807) is 35.2 Å². The maximum absolute atomic E-state index is 12.9. The van der Waals surface area contributed by atoms with Crippen molar-refractivity contribution in [2.45, 2.75) is 6.92 Å². The van der Waals surface area contributed by atoms with Crippen molar-refractivity contribution in [2.24, 2.45) is 0 Å². The Labute approximate surface area is 188 Å². The van der Waals surface area contributed by atoms with Crippen molar-refractivity contribution in [2.75, 3.05) is 35.2 Å². The van der Waals surface area contributed by atoms with Gasteiger partial charge in [-0.25, -0.2) is 0 Å². The van der Waals surface area contributed by atoms with Gasteiger partial charge in [0.2, 0.25) is 5.91 Å². The van der Waals surface area contributed by atoms with Crippen molar-refractivity contribution < 1.29 is 14.3 Å². The summed E-state index contributed by atoms with van der Waals surface area (Å²) in [5.41, 5.74) is 2.81. The van der Waals surface area contributed by atoms with E-state index in [1.807, 2.05) is 61.5 Å². The normalized spacial score (nSPS) is 10.2. The first-order valence-corrected chi connectivity index (χ1v) is 10.4. The molecular weight excluding hydrogens is 402 g/mol. The molecule has 0 saturated carbocycles. The van der Waals surface area contributed by atoms with Gasteiger partial charge in [0, 0.05) is 35.2 Å². The topological polar surface area (TPSA) is 70.7 Å². The van der Waals surface area contributed by atoms with Crippen LogP contribution in [0.1, 0.15) is 17.3 Å². The number of amides is 2. The second-order valence-electron chi connectivity index (χ2n) is 6.99. The number of benzene rings is 3. The van der Waals surface area contributed by atoms with E-state index in [0.717, 1.165) is 11.4 Å². The standard InChI is InChI=1S/C26H27N3O3/c1-3-17-32-24-12-8-9-22(18-24)27-19-25(30)28-21-15-13-20(14-16-21)26(31)29(4-2)23-10-6-5-7-11-23/h3,5-16,18,27H,1,4,17,19H2,2H3,(H,28,30). The summed E-state index contributed by atoms with van der Waals surface area (Å²) in [4.78, 5) is 26.9. The van der Waals surface area contributed by atoms with Gasteiger partial charge in [-0.1, -0.05) is 36.9 Å². The van der Waals surface area contributed by atoms with E-state index in [1.165, 1.54) is 0 Å². The van der Waals surface area contributed by atoms with Crippen LogP contribution < -0.4 is 20.3 Å². The summed E-state index contributed by atoms with van der Waals surface area (Å²) in [6.45, 7) is 6.65. The van der Waals surface area contributed by atoms with Crippen LogP contribution in [0.3, 0.4) is 0 Å². The number of anilines is 3. The molecule has 3 aromatic carbocycles. The number of hydrogen-bond acceptors (Lipinski definition) is 4. The van der Waals surface area contributed by atoms with Gasteiger partial charge in [-0.3, -0.25) is 9.59 Å². The van der Waals surface area contributed by atoms with Crippen molar-refractivity contribution in [3.05, 3.63) is 97.1 Å². The largest absolute Gasteiger partial charge is 0.489 e. The zero-order chi connectivity index (χ0) is 22.8. The molecular formula is C26H27N3O3. The SMILES string of the molecule is C=CCOc1cccc(NCC(=O)Nc2ccc(C(=O)N(CC)c3ccccc3)cc2)c1. The maximum Gasteiger partial charge on any atom is 0.258 e. The fraction of sp³-hybridized carbons (Fsp3) is 0.154. The average Bonchev–Trinajstić information content (AvgIpc) is 2.83. The number of carbonyl (C=O) groups is 2. The van der Waals surface area contributed by atoms with Gasteiger partial charge in [-0.05, 0) is 55.5 Å². The zero-order valence-corrected chi connectivity index (χ0v) is 18.1. The summed E-state index contributed by atoms with van der Waals surface area (Å²) in [7, 11) is 0.